The molecule has 0 amide bonds. The van der Waals surface area contributed by atoms with Crippen LogP contribution in [0.1, 0.15) is 6.92 Å². The number of benzene rings is 3. The first kappa shape index (κ1) is 17.0. The summed E-state index contributed by atoms with van der Waals surface area (Å²) in [5.74, 6) is 0. The van der Waals surface area contributed by atoms with Crippen LogP contribution in [0.15, 0.2) is 73.2 Å². The summed E-state index contributed by atoms with van der Waals surface area (Å²) in [6.45, 7) is 3.12. The molecule has 0 fully saturated rings. The summed E-state index contributed by atoms with van der Waals surface area (Å²) in [7, 11) is 2.00. The van der Waals surface area contributed by atoms with Crippen LogP contribution < -0.4 is 0 Å². The van der Waals surface area contributed by atoms with Gasteiger partial charge in [-0.15, -0.1) is 5.10 Å². The first-order valence-electron chi connectivity index (χ1n) is 10.1. The van der Waals surface area contributed by atoms with E-state index in [4.69, 9.17) is 0 Å². The smallest absolute Gasteiger partial charge is 0.0955 e. The van der Waals surface area contributed by atoms with Crippen molar-refractivity contribution in [2.24, 2.45) is 7.05 Å². The van der Waals surface area contributed by atoms with Gasteiger partial charge in [-0.1, -0.05) is 29.5 Å². The Balaban J connectivity index is 1.55. The van der Waals surface area contributed by atoms with Crippen LogP contribution in [0.2, 0.25) is 0 Å². The lowest BCUT2D eigenvalue weighted by atomic mass is 10.1. The van der Waals surface area contributed by atoms with Gasteiger partial charge in [0, 0.05) is 41.0 Å². The molecule has 6 heteroatoms. The number of aromatic nitrogens is 6. The van der Waals surface area contributed by atoms with E-state index in [1.165, 1.54) is 21.8 Å². The first-order chi connectivity index (χ1) is 14.7. The third kappa shape index (κ3) is 2.33. The Morgan fingerprint density at radius 1 is 0.867 bits per heavy atom. The van der Waals surface area contributed by atoms with E-state index in [0.717, 1.165) is 34.5 Å². The number of fused-ring (bicyclic) bond motifs is 4. The average Bonchev–Trinajstić information content (AvgIpc) is 3.49. The van der Waals surface area contributed by atoms with Crippen molar-refractivity contribution >= 4 is 32.8 Å². The Bertz CT molecular complexity index is 1550. The molecule has 6 rings (SSSR count). The zero-order valence-corrected chi connectivity index (χ0v) is 16.8. The number of hydrogen-bond acceptors (Lipinski definition) is 3. The van der Waals surface area contributed by atoms with E-state index in [1.807, 2.05) is 28.8 Å². The monoisotopic (exact) mass is 392 g/mol. The largest absolute Gasteiger partial charge is 0.341 e. The molecular weight excluding hydrogens is 372 g/mol. The molecule has 0 aliphatic carbocycles. The van der Waals surface area contributed by atoms with Crippen LogP contribution >= 0.6 is 0 Å². The van der Waals surface area contributed by atoms with Gasteiger partial charge in [-0.3, -0.25) is 0 Å². The minimum atomic E-state index is 0.933. The van der Waals surface area contributed by atoms with Gasteiger partial charge < -0.3 is 9.13 Å². The van der Waals surface area contributed by atoms with Crippen LogP contribution in [0.25, 0.3) is 49.8 Å². The molecule has 0 spiro atoms. The Hall–Kier alpha value is -3.93. The van der Waals surface area contributed by atoms with E-state index in [-0.39, 0.29) is 0 Å². The quantitative estimate of drug-likeness (QED) is 0.428. The lowest BCUT2D eigenvalue weighted by Crippen LogP contribution is -2.00. The molecule has 146 valence electrons. The molecule has 0 saturated carbocycles. The van der Waals surface area contributed by atoms with Gasteiger partial charge in [-0.25, -0.2) is 9.67 Å². The molecule has 0 N–H and O–H groups in total. The van der Waals surface area contributed by atoms with E-state index in [0.29, 0.717) is 0 Å². The van der Waals surface area contributed by atoms with Gasteiger partial charge in [0.1, 0.15) is 0 Å². The van der Waals surface area contributed by atoms with Crippen molar-refractivity contribution in [3.8, 4) is 16.9 Å². The highest BCUT2D eigenvalue weighted by molar-refractivity contribution is 6.08. The van der Waals surface area contributed by atoms with E-state index in [9.17, 15) is 0 Å². The predicted octanol–water partition coefficient (Wildman–Crippen LogP) is 4.95. The highest BCUT2D eigenvalue weighted by atomic mass is 15.4. The molecule has 0 unspecified atom stereocenters. The second-order valence-corrected chi connectivity index (χ2v) is 7.55. The number of nitrogens with zero attached hydrogens (tertiary/aromatic N) is 6. The molecule has 3 heterocycles. The van der Waals surface area contributed by atoms with Crippen LogP contribution in [0.5, 0.6) is 0 Å². The van der Waals surface area contributed by atoms with Crippen molar-refractivity contribution in [3.05, 3.63) is 73.2 Å². The van der Waals surface area contributed by atoms with E-state index in [1.54, 1.807) is 0 Å². The number of hydrogen-bond donors (Lipinski definition) is 0. The van der Waals surface area contributed by atoms with E-state index < -0.39 is 0 Å². The van der Waals surface area contributed by atoms with Gasteiger partial charge in [0.15, 0.2) is 0 Å². The van der Waals surface area contributed by atoms with E-state index >= 15 is 0 Å². The molecule has 0 radical (unpaired) electrons. The highest BCUT2D eigenvalue weighted by Gasteiger charge is 2.14. The molecule has 0 bridgehead atoms. The maximum atomic E-state index is 4.49. The van der Waals surface area contributed by atoms with Crippen LogP contribution in [-0.2, 0) is 13.6 Å². The SMILES string of the molecule is CCn1c2ccccc2c2cc(-n3nncc3-c3ccc4c(c3)ncn4C)ccc21. The number of aryl methyl sites for hydroxylation is 2. The van der Waals surface area contributed by atoms with Crippen LogP contribution in [0, 0.1) is 0 Å². The fourth-order valence-corrected chi connectivity index (χ4v) is 4.43. The molecule has 0 atom stereocenters. The Morgan fingerprint density at radius 3 is 2.60 bits per heavy atom. The number of imidazole rings is 1. The minimum absolute atomic E-state index is 0.933. The zero-order chi connectivity index (χ0) is 20.2. The minimum Gasteiger partial charge on any atom is -0.341 e. The lowest BCUT2D eigenvalue weighted by Gasteiger charge is -2.08. The van der Waals surface area contributed by atoms with Crippen molar-refractivity contribution in [2.75, 3.05) is 0 Å². The Kier molecular flexibility index (Phi) is 3.56. The molecule has 6 aromatic rings. The molecule has 0 aliphatic heterocycles. The van der Waals surface area contributed by atoms with Gasteiger partial charge >= 0.3 is 0 Å². The van der Waals surface area contributed by atoms with Crippen molar-refractivity contribution in [1.29, 1.82) is 0 Å². The maximum absolute atomic E-state index is 4.49. The van der Waals surface area contributed by atoms with E-state index in [2.05, 4.69) is 87.5 Å². The van der Waals surface area contributed by atoms with Crippen molar-refractivity contribution in [3.63, 3.8) is 0 Å². The number of rotatable bonds is 3. The second kappa shape index (κ2) is 6.29. The number of para-hydroxylation sites is 1. The van der Waals surface area contributed by atoms with Gasteiger partial charge in [0.05, 0.1) is 34.9 Å². The van der Waals surface area contributed by atoms with Crippen LogP contribution in [0.3, 0.4) is 0 Å². The molecule has 0 aliphatic rings. The topological polar surface area (TPSA) is 53.5 Å². The van der Waals surface area contributed by atoms with Crippen LogP contribution in [0.4, 0.5) is 0 Å². The summed E-state index contributed by atoms with van der Waals surface area (Å²) in [5, 5.41) is 11.1. The Morgan fingerprint density at radius 2 is 1.70 bits per heavy atom. The zero-order valence-electron chi connectivity index (χ0n) is 16.8. The third-order valence-electron chi connectivity index (χ3n) is 5.89. The normalized spacial score (nSPS) is 11.8. The first-order valence-corrected chi connectivity index (χ1v) is 10.1. The molecule has 0 saturated heterocycles. The summed E-state index contributed by atoms with van der Waals surface area (Å²) < 4.78 is 6.28. The van der Waals surface area contributed by atoms with Crippen molar-refractivity contribution in [1.82, 2.24) is 29.1 Å². The second-order valence-electron chi connectivity index (χ2n) is 7.55. The Labute approximate surface area is 173 Å². The average molecular weight is 392 g/mol. The summed E-state index contributed by atoms with van der Waals surface area (Å²) >= 11 is 0. The molecule has 3 aromatic carbocycles. The molecule has 3 aromatic heterocycles. The van der Waals surface area contributed by atoms with Crippen molar-refractivity contribution in [2.45, 2.75) is 13.5 Å². The van der Waals surface area contributed by atoms with Gasteiger partial charge in [0.2, 0.25) is 0 Å². The van der Waals surface area contributed by atoms with Gasteiger partial charge in [-0.05, 0) is 43.3 Å². The summed E-state index contributed by atoms with van der Waals surface area (Å²) in [6, 6.07) is 21.3. The van der Waals surface area contributed by atoms with Crippen molar-refractivity contribution < 1.29 is 0 Å². The standard InChI is InChI=1S/C24H20N6/c1-3-29-21-7-5-4-6-18(21)19-13-17(9-11-22(19)29)30-24(14-26-27-30)16-8-10-23-20(12-16)25-15-28(23)2/h4-15H,3H2,1-2H3. The maximum Gasteiger partial charge on any atom is 0.0955 e. The summed E-state index contributed by atoms with van der Waals surface area (Å²) in [6.07, 6.45) is 3.64. The third-order valence-corrected chi connectivity index (χ3v) is 5.89. The molecular formula is C24H20N6. The van der Waals surface area contributed by atoms with Gasteiger partial charge in [0.25, 0.3) is 0 Å². The predicted molar refractivity (Wildman–Crippen MR) is 120 cm³/mol. The fraction of sp³-hybridized carbons (Fsp3) is 0.125. The van der Waals surface area contributed by atoms with Gasteiger partial charge in [-0.2, -0.15) is 0 Å². The highest BCUT2D eigenvalue weighted by Crippen LogP contribution is 2.32. The molecule has 30 heavy (non-hydrogen) atoms. The summed E-state index contributed by atoms with van der Waals surface area (Å²) in [4.78, 5) is 4.49. The fourth-order valence-electron chi connectivity index (χ4n) is 4.43. The van der Waals surface area contributed by atoms with Crippen LogP contribution in [-0.4, -0.2) is 29.1 Å². The molecule has 6 nitrogen and oxygen atoms in total. The lowest BCUT2D eigenvalue weighted by molar-refractivity contribution is 0.807. The summed E-state index contributed by atoms with van der Waals surface area (Å²) in [5.41, 5.74) is 7.54.